The number of rotatable bonds is 8. The number of carbonyl (C=O) groups excluding carboxylic acids is 1. The minimum atomic E-state index is -3.11. The fourth-order valence-corrected chi connectivity index (χ4v) is 3.39. The molecule has 0 aromatic heterocycles. The van der Waals surface area contributed by atoms with Crippen LogP contribution in [-0.2, 0) is 9.84 Å². The largest absolute Gasteiger partial charge is 0.493 e. The monoisotopic (exact) mass is 339 g/mol. The van der Waals surface area contributed by atoms with Gasteiger partial charge in [0, 0.05) is 24.4 Å². The van der Waals surface area contributed by atoms with Gasteiger partial charge >= 0.3 is 0 Å². The third-order valence-corrected chi connectivity index (χ3v) is 6.07. The molecule has 1 aliphatic carbocycles. The van der Waals surface area contributed by atoms with Crippen molar-refractivity contribution < 1.29 is 17.9 Å². The Morgan fingerprint density at radius 3 is 2.43 bits per heavy atom. The molecule has 1 saturated carbocycles. The number of carbonyl (C=O) groups is 1. The molecule has 0 aliphatic heterocycles. The van der Waals surface area contributed by atoms with E-state index < -0.39 is 9.84 Å². The molecule has 23 heavy (non-hydrogen) atoms. The molecule has 1 unspecified atom stereocenters. The van der Waals surface area contributed by atoms with Gasteiger partial charge in [-0.1, -0.05) is 6.92 Å². The smallest absolute Gasteiger partial charge is 0.253 e. The van der Waals surface area contributed by atoms with Crippen LogP contribution in [-0.4, -0.2) is 50.4 Å². The van der Waals surface area contributed by atoms with E-state index >= 15 is 0 Å². The Labute approximate surface area is 138 Å². The molecule has 1 fully saturated rings. The van der Waals surface area contributed by atoms with E-state index in [4.69, 9.17) is 4.74 Å². The van der Waals surface area contributed by atoms with Crippen LogP contribution in [0.4, 0.5) is 0 Å². The molecule has 1 aliphatic rings. The first-order valence-corrected chi connectivity index (χ1v) is 9.85. The molecule has 0 spiro atoms. The highest BCUT2D eigenvalue weighted by atomic mass is 32.2. The number of hydrogen-bond acceptors (Lipinski definition) is 4. The van der Waals surface area contributed by atoms with Crippen LogP contribution in [0.2, 0.25) is 0 Å². The van der Waals surface area contributed by atoms with Crippen LogP contribution < -0.4 is 4.74 Å². The zero-order valence-corrected chi connectivity index (χ0v) is 14.8. The molecule has 1 aromatic carbocycles. The average molecular weight is 339 g/mol. The predicted molar refractivity (Wildman–Crippen MR) is 90.5 cm³/mol. The van der Waals surface area contributed by atoms with E-state index in [-0.39, 0.29) is 23.5 Å². The highest BCUT2D eigenvalue weighted by Gasteiger charge is 2.23. The summed E-state index contributed by atoms with van der Waals surface area (Å²) in [5, 5.41) is 0. The Kier molecular flexibility index (Phi) is 5.68. The summed E-state index contributed by atoms with van der Waals surface area (Å²) < 4.78 is 29.0. The summed E-state index contributed by atoms with van der Waals surface area (Å²) in [7, 11) is -1.48. The Morgan fingerprint density at radius 2 is 1.91 bits per heavy atom. The normalized spacial score (nSPS) is 16.0. The molecule has 2 rings (SSSR count). The van der Waals surface area contributed by atoms with Crippen molar-refractivity contribution in [2.24, 2.45) is 5.92 Å². The van der Waals surface area contributed by atoms with Crippen LogP contribution in [0.25, 0.3) is 0 Å². The van der Waals surface area contributed by atoms with E-state index in [1.165, 1.54) is 17.7 Å². The summed E-state index contributed by atoms with van der Waals surface area (Å²) in [5.74, 6) is 1.33. The first kappa shape index (κ1) is 17.8. The van der Waals surface area contributed by atoms with E-state index in [0.29, 0.717) is 11.5 Å². The molecule has 1 aromatic rings. The molecule has 128 valence electrons. The molecule has 0 saturated heterocycles. The molecule has 0 bridgehead atoms. The van der Waals surface area contributed by atoms with Crippen molar-refractivity contribution in [1.29, 1.82) is 0 Å². The van der Waals surface area contributed by atoms with E-state index in [2.05, 4.69) is 0 Å². The number of amides is 1. The van der Waals surface area contributed by atoms with Crippen molar-refractivity contribution in [2.45, 2.75) is 32.7 Å². The number of benzene rings is 1. The van der Waals surface area contributed by atoms with Gasteiger partial charge in [0.2, 0.25) is 0 Å². The van der Waals surface area contributed by atoms with Gasteiger partial charge in [-0.25, -0.2) is 8.42 Å². The van der Waals surface area contributed by atoms with Gasteiger partial charge in [-0.15, -0.1) is 0 Å². The predicted octanol–water partition coefficient (Wildman–Crippen LogP) is 2.37. The van der Waals surface area contributed by atoms with Crippen molar-refractivity contribution in [2.75, 3.05) is 25.2 Å². The molecule has 5 nitrogen and oxygen atoms in total. The van der Waals surface area contributed by atoms with Crippen LogP contribution in [0, 0.1) is 5.92 Å². The van der Waals surface area contributed by atoms with E-state index in [1.54, 1.807) is 45.2 Å². The molecular weight excluding hydrogens is 314 g/mol. The minimum absolute atomic E-state index is 0.0195. The fraction of sp³-hybridized carbons (Fsp3) is 0.588. The van der Waals surface area contributed by atoms with Gasteiger partial charge in [0.05, 0.1) is 12.4 Å². The lowest BCUT2D eigenvalue weighted by Crippen LogP contribution is -2.39. The lowest BCUT2D eigenvalue weighted by molar-refractivity contribution is 0.0756. The maximum Gasteiger partial charge on any atom is 0.253 e. The number of ether oxygens (including phenoxy) is 1. The zero-order chi connectivity index (χ0) is 17.0. The van der Waals surface area contributed by atoms with Gasteiger partial charge in [-0.3, -0.25) is 4.79 Å². The topological polar surface area (TPSA) is 63.7 Å². The molecular formula is C17H25NO4S. The SMILES string of the molecule is CCS(=O)(=O)CC(C)N(C)C(=O)c1ccc(OCC2CC2)cc1. The summed E-state index contributed by atoms with van der Waals surface area (Å²) in [4.78, 5) is 13.9. The number of hydrogen-bond donors (Lipinski definition) is 0. The van der Waals surface area contributed by atoms with Gasteiger partial charge in [-0.05, 0) is 49.9 Å². The van der Waals surface area contributed by atoms with Gasteiger partial charge in [0.25, 0.3) is 5.91 Å². The second-order valence-electron chi connectivity index (χ2n) is 6.24. The van der Waals surface area contributed by atoms with Crippen molar-refractivity contribution in [1.82, 2.24) is 4.90 Å². The van der Waals surface area contributed by atoms with Crippen LogP contribution in [0.1, 0.15) is 37.0 Å². The van der Waals surface area contributed by atoms with Gasteiger partial charge < -0.3 is 9.64 Å². The third kappa shape index (κ3) is 5.23. The quantitative estimate of drug-likeness (QED) is 0.729. The standard InChI is InChI=1S/C17H25NO4S/c1-4-23(20,21)12-13(2)18(3)17(19)15-7-9-16(10-8-15)22-11-14-5-6-14/h7-10,13-14H,4-6,11-12H2,1-3H3. The van der Waals surface area contributed by atoms with Crippen LogP contribution >= 0.6 is 0 Å². The lowest BCUT2D eigenvalue weighted by Gasteiger charge is -2.24. The summed E-state index contributed by atoms with van der Waals surface area (Å²) in [6, 6.07) is 6.66. The summed E-state index contributed by atoms with van der Waals surface area (Å²) in [5.41, 5.74) is 0.534. The lowest BCUT2D eigenvalue weighted by atomic mass is 10.2. The second-order valence-corrected chi connectivity index (χ2v) is 8.64. The summed E-state index contributed by atoms with van der Waals surface area (Å²) in [6.45, 7) is 4.10. The number of sulfone groups is 1. The molecule has 0 radical (unpaired) electrons. The highest BCUT2D eigenvalue weighted by molar-refractivity contribution is 7.91. The van der Waals surface area contributed by atoms with Crippen LogP contribution in [0.15, 0.2) is 24.3 Å². The van der Waals surface area contributed by atoms with Gasteiger partial charge in [-0.2, -0.15) is 0 Å². The van der Waals surface area contributed by atoms with E-state index in [1.807, 2.05) is 0 Å². The zero-order valence-electron chi connectivity index (χ0n) is 14.0. The van der Waals surface area contributed by atoms with Crippen LogP contribution in [0.5, 0.6) is 5.75 Å². The van der Waals surface area contributed by atoms with Crippen molar-refractivity contribution in [3.63, 3.8) is 0 Å². The molecule has 0 N–H and O–H groups in total. The molecule has 6 heteroatoms. The van der Waals surface area contributed by atoms with Crippen molar-refractivity contribution in [3.05, 3.63) is 29.8 Å². The Hall–Kier alpha value is -1.56. The third-order valence-electron chi connectivity index (χ3n) is 4.20. The van der Waals surface area contributed by atoms with E-state index in [0.717, 1.165) is 12.4 Å². The number of nitrogens with zero attached hydrogens (tertiary/aromatic N) is 1. The van der Waals surface area contributed by atoms with Gasteiger partial charge in [0.15, 0.2) is 9.84 Å². The second kappa shape index (κ2) is 7.34. The Bertz CT molecular complexity index is 635. The first-order valence-electron chi connectivity index (χ1n) is 8.03. The van der Waals surface area contributed by atoms with Crippen molar-refractivity contribution in [3.8, 4) is 5.75 Å². The molecule has 1 atom stereocenters. The first-order chi connectivity index (χ1) is 10.8. The average Bonchev–Trinajstić information content (AvgIpc) is 3.36. The molecule has 1 amide bonds. The highest BCUT2D eigenvalue weighted by Crippen LogP contribution is 2.29. The maximum atomic E-state index is 12.4. The van der Waals surface area contributed by atoms with Gasteiger partial charge in [0.1, 0.15) is 5.75 Å². The Balaban J connectivity index is 1.95. The van der Waals surface area contributed by atoms with E-state index in [9.17, 15) is 13.2 Å². The summed E-state index contributed by atoms with van der Waals surface area (Å²) >= 11 is 0. The fourth-order valence-electron chi connectivity index (χ4n) is 2.19. The van der Waals surface area contributed by atoms with Crippen LogP contribution in [0.3, 0.4) is 0 Å². The van der Waals surface area contributed by atoms with Crippen molar-refractivity contribution >= 4 is 15.7 Å². The summed E-state index contributed by atoms with van der Waals surface area (Å²) in [6.07, 6.45) is 2.47. The minimum Gasteiger partial charge on any atom is -0.493 e. The maximum absolute atomic E-state index is 12.4. The Morgan fingerprint density at radius 1 is 1.30 bits per heavy atom. The molecule has 0 heterocycles.